The van der Waals surface area contributed by atoms with E-state index in [0.29, 0.717) is 0 Å². The predicted octanol–water partition coefficient (Wildman–Crippen LogP) is 0.346. The lowest BCUT2D eigenvalue weighted by molar-refractivity contribution is 0.275. The maximum absolute atomic E-state index is 8.88. The van der Waals surface area contributed by atoms with Gasteiger partial charge in [0.1, 0.15) is 0 Å². The molecular weight excluding hydrogens is 195 g/mol. The second-order valence-corrected chi connectivity index (χ2v) is 2.91. The Morgan fingerprint density at radius 1 is 1.46 bits per heavy atom. The molecule has 0 saturated carbocycles. The van der Waals surface area contributed by atoms with E-state index in [-0.39, 0.29) is 0 Å². The lowest BCUT2D eigenvalue weighted by atomic mass is 10.3. The van der Waals surface area contributed by atoms with Crippen LogP contribution in [-0.4, -0.2) is 21.2 Å². The summed E-state index contributed by atoms with van der Waals surface area (Å²) in [5, 5.41) is 7.32. The fourth-order valence-electron chi connectivity index (χ4n) is 0.204. The summed E-state index contributed by atoms with van der Waals surface area (Å²) < 4.78 is 8.88. The summed E-state index contributed by atoms with van der Waals surface area (Å²) >= 11 is 0. The Kier molecular flexibility index (Phi) is 19.9. The molecule has 6 nitrogen and oxygen atoms in total. The molecule has 0 amide bonds. The van der Waals surface area contributed by atoms with Crippen LogP contribution in [0.4, 0.5) is 0 Å². The van der Waals surface area contributed by atoms with Crippen molar-refractivity contribution in [2.75, 3.05) is 6.54 Å². The summed E-state index contributed by atoms with van der Waals surface area (Å²) in [4.78, 5) is 21.6. The van der Waals surface area contributed by atoms with Crippen molar-refractivity contribution < 1.29 is 19.2 Å². The number of nitrogens with two attached hydrogens (primary N) is 1. The average Bonchev–Trinajstić information content (AvgIpc) is 1.87. The molecule has 0 radical (unpaired) electrons. The van der Waals surface area contributed by atoms with Crippen molar-refractivity contribution in [1.82, 2.24) is 0 Å². The molecular formula is C6H17N2O4P. The molecule has 0 saturated heterocycles. The van der Waals surface area contributed by atoms with E-state index in [1.54, 1.807) is 6.07 Å². The molecule has 0 aliphatic rings. The van der Waals surface area contributed by atoms with Gasteiger partial charge in [0.25, 0.3) is 0 Å². The Bertz CT molecular complexity index is 152. The molecule has 0 aromatic rings. The van der Waals surface area contributed by atoms with Crippen LogP contribution >= 0.6 is 7.82 Å². The van der Waals surface area contributed by atoms with E-state index >= 15 is 0 Å². The van der Waals surface area contributed by atoms with Crippen molar-refractivity contribution in [3.05, 3.63) is 0 Å². The van der Waals surface area contributed by atoms with Crippen LogP contribution in [0.5, 0.6) is 0 Å². The van der Waals surface area contributed by atoms with Crippen molar-refractivity contribution in [1.29, 1.82) is 5.26 Å². The highest BCUT2D eigenvalue weighted by atomic mass is 31.2. The standard InChI is InChI=1S/C4H11N.C2H3N.H3O4P/c1-2-3-4-5;1-2-3;1-5(2,3)4/h2-5H2,1H3;1H3;(H3,1,2,3,4). The molecule has 0 unspecified atom stereocenters. The van der Waals surface area contributed by atoms with Crippen LogP contribution in [0.1, 0.15) is 26.7 Å². The lowest BCUT2D eigenvalue weighted by Crippen LogP contribution is -1.95. The molecule has 7 heteroatoms. The van der Waals surface area contributed by atoms with Crippen LogP contribution in [0.2, 0.25) is 0 Å². The quantitative estimate of drug-likeness (QED) is 0.489. The van der Waals surface area contributed by atoms with Crippen LogP contribution in [0.15, 0.2) is 0 Å². The van der Waals surface area contributed by atoms with Gasteiger partial charge in [-0.25, -0.2) is 4.57 Å². The molecule has 0 heterocycles. The third-order valence-electron chi connectivity index (χ3n) is 0.558. The maximum Gasteiger partial charge on any atom is 0.466 e. The highest BCUT2D eigenvalue weighted by molar-refractivity contribution is 7.45. The van der Waals surface area contributed by atoms with Gasteiger partial charge in [-0.2, -0.15) is 5.26 Å². The zero-order valence-electron chi connectivity index (χ0n) is 7.84. The fourth-order valence-corrected chi connectivity index (χ4v) is 0.204. The van der Waals surface area contributed by atoms with Crippen LogP contribution in [0, 0.1) is 11.3 Å². The molecule has 0 fully saturated rings. The van der Waals surface area contributed by atoms with E-state index in [1.165, 1.54) is 19.8 Å². The highest BCUT2D eigenvalue weighted by Crippen LogP contribution is 2.25. The van der Waals surface area contributed by atoms with Gasteiger partial charge in [0.2, 0.25) is 0 Å². The van der Waals surface area contributed by atoms with Crippen LogP contribution in [-0.2, 0) is 4.57 Å². The first kappa shape index (κ1) is 18.4. The average molecular weight is 212 g/mol. The van der Waals surface area contributed by atoms with Gasteiger partial charge >= 0.3 is 7.82 Å². The van der Waals surface area contributed by atoms with Crippen molar-refractivity contribution in [3.63, 3.8) is 0 Å². The third kappa shape index (κ3) is 434. The maximum atomic E-state index is 8.88. The monoisotopic (exact) mass is 212 g/mol. The number of phosphoric acid groups is 1. The Hall–Kier alpha value is -0.440. The van der Waals surface area contributed by atoms with Gasteiger partial charge in [-0.1, -0.05) is 13.3 Å². The molecule has 0 aromatic carbocycles. The molecule has 0 atom stereocenters. The van der Waals surface area contributed by atoms with E-state index in [9.17, 15) is 0 Å². The Balaban J connectivity index is -0.000000120. The minimum absolute atomic E-state index is 0.844. The second-order valence-electron chi connectivity index (χ2n) is 1.88. The van der Waals surface area contributed by atoms with E-state index in [2.05, 4.69) is 6.92 Å². The van der Waals surface area contributed by atoms with E-state index in [4.69, 9.17) is 30.2 Å². The first-order chi connectivity index (χ1) is 5.83. The summed E-state index contributed by atoms with van der Waals surface area (Å²) in [6, 6.07) is 1.75. The smallest absolute Gasteiger partial charge is 0.330 e. The largest absolute Gasteiger partial charge is 0.466 e. The van der Waals surface area contributed by atoms with Crippen molar-refractivity contribution in [2.45, 2.75) is 26.7 Å². The Morgan fingerprint density at radius 2 is 1.69 bits per heavy atom. The summed E-state index contributed by atoms with van der Waals surface area (Å²) in [5.41, 5.74) is 5.14. The fraction of sp³-hybridized carbons (Fsp3) is 0.833. The normalized spacial score (nSPS) is 8.38. The van der Waals surface area contributed by atoms with Crippen molar-refractivity contribution in [2.24, 2.45) is 5.73 Å². The molecule has 0 bridgehead atoms. The summed E-state index contributed by atoms with van der Waals surface area (Å²) in [5.74, 6) is 0. The zero-order valence-corrected chi connectivity index (χ0v) is 8.74. The van der Waals surface area contributed by atoms with Gasteiger partial charge in [-0.05, 0) is 13.0 Å². The van der Waals surface area contributed by atoms with Crippen LogP contribution < -0.4 is 5.73 Å². The molecule has 0 aromatic heterocycles. The minimum Gasteiger partial charge on any atom is -0.330 e. The first-order valence-corrected chi connectivity index (χ1v) is 5.19. The SMILES string of the molecule is CC#N.CCCCN.O=P(O)(O)O. The first-order valence-electron chi connectivity index (χ1n) is 3.62. The number of nitriles is 1. The lowest BCUT2D eigenvalue weighted by Gasteiger charge is -1.82. The Labute approximate surface area is 78.2 Å². The molecule has 0 aliphatic heterocycles. The molecule has 13 heavy (non-hydrogen) atoms. The van der Waals surface area contributed by atoms with E-state index < -0.39 is 7.82 Å². The molecule has 0 spiro atoms. The third-order valence-corrected chi connectivity index (χ3v) is 0.558. The number of hydrogen-bond acceptors (Lipinski definition) is 3. The molecule has 5 N–H and O–H groups in total. The van der Waals surface area contributed by atoms with Crippen LogP contribution in [0.3, 0.4) is 0 Å². The number of hydrogen-bond donors (Lipinski definition) is 4. The van der Waals surface area contributed by atoms with Gasteiger partial charge < -0.3 is 20.4 Å². The minimum atomic E-state index is -4.64. The van der Waals surface area contributed by atoms with E-state index in [0.717, 1.165) is 6.54 Å². The van der Waals surface area contributed by atoms with Gasteiger partial charge in [0.15, 0.2) is 0 Å². The summed E-state index contributed by atoms with van der Waals surface area (Å²) in [7, 11) is -4.64. The highest BCUT2D eigenvalue weighted by Gasteiger charge is 2.00. The van der Waals surface area contributed by atoms with Gasteiger partial charge in [-0.3, -0.25) is 0 Å². The van der Waals surface area contributed by atoms with Gasteiger partial charge in [0, 0.05) is 6.92 Å². The van der Waals surface area contributed by atoms with E-state index in [1.807, 2.05) is 0 Å². The summed E-state index contributed by atoms with van der Waals surface area (Å²) in [6.07, 6.45) is 2.39. The molecule has 0 aliphatic carbocycles. The predicted molar refractivity (Wildman–Crippen MR) is 49.5 cm³/mol. The zero-order chi connectivity index (χ0) is 11.3. The van der Waals surface area contributed by atoms with Gasteiger partial charge in [0.05, 0.1) is 6.07 Å². The number of rotatable bonds is 2. The van der Waals surface area contributed by atoms with Gasteiger partial charge in [-0.15, -0.1) is 0 Å². The molecule has 80 valence electrons. The second kappa shape index (κ2) is 14.1. The molecule has 0 rings (SSSR count). The summed E-state index contributed by atoms with van der Waals surface area (Å²) in [6.45, 7) is 4.41. The number of nitrogens with zero attached hydrogens (tertiary/aromatic N) is 1. The number of unbranched alkanes of at least 4 members (excludes halogenated alkanes) is 1. The van der Waals surface area contributed by atoms with Crippen molar-refractivity contribution >= 4 is 7.82 Å². The topological polar surface area (TPSA) is 128 Å². The van der Waals surface area contributed by atoms with Crippen molar-refractivity contribution in [3.8, 4) is 6.07 Å². The Morgan fingerprint density at radius 3 is 1.69 bits per heavy atom. The van der Waals surface area contributed by atoms with Crippen LogP contribution in [0.25, 0.3) is 0 Å².